The van der Waals surface area contributed by atoms with Crippen LogP contribution < -0.4 is 5.48 Å². The zero-order valence-corrected chi connectivity index (χ0v) is 9.34. The quantitative estimate of drug-likeness (QED) is 0.169. The fourth-order valence-corrected chi connectivity index (χ4v) is 1.20. The Balaban J connectivity index is 2.58. The second-order valence-electron chi connectivity index (χ2n) is 2.72. The molecule has 15 heavy (non-hydrogen) atoms. The van der Waals surface area contributed by atoms with Crippen molar-refractivity contribution in [1.29, 1.82) is 0 Å². The first-order chi connectivity index (χ1) is 7.27. The third-order valence-corrected chi connectivity index (χ3v) is 1.81. The molecule has 0 saturated heterocycles. The molecule has 6 heteroatoms. The normalized spacial score (nSPS) is 10.0. The third-order valence-electron chi connectivity index (χ3n) is 1.63. The van der Waals surface area contributed by atoms with Gasteiger partial charge in [-0.1, -0.05) is 0 Å². The lowest BCUT2D eigenvalue weighted by Crippen LogP contribution is -2.05. The van der Waals surface area contributed by atoms with Gasteiger partial charge in [-0.05, 0) is 15.3 Å². The molecule has 0 aliphatic carbocycles. The summed E-state index contributed by atoms with van der Waals surface area (Å²) in [5.41, 5.74) is 2.98. The van der Waals surface area contributed by atoms with Crippen molar-refractivity contribution in [2.75, 3.05) is 25.0 Å². The van der Waals surface area contributed by atoms with Gasteiger partial charge in [0.25, 0.3) is 5.75 Å². The zero-order valence-electron chi connectivity index (χ0n) is 8.18. The highest BCUT2D eigenvalue weighted by molar-refractivity contribution is 7.16. The van der Waals surface area contributed by atoms with Crippen molar-refractivity contribution in [3.8, 4) is 11.5 Å². The molecule has 0 amide bonds. The number of hydrogen-bond donors (Lipinski definition) is 3. The summed E-state index contributed by atoms with van der Waals surface area (Å²) >= 11 is 0. The molecule has 0 bridgehead atoms. The average molecular weight is 232 g/mol. The summed E-state index contributed by atoms with van der Waals surface area (Å²) < 4.78 is 4.10. The van der Waals surface area contributed by atoms with Crippen LogP contribution in [0.25, 0.3) is 0 Å². The minimum Gasteiger partial charge on any atom is -0.580 e. The Labute approximate surface area is 90.2 Å². The predicted molar refractivity (Wildman–Crippen MR) is 61.0 cm³/mol. The second kappa shape index (κ2) is 6.45. The van der Waals surface area contributed by atoms with E-state index in [1.165, 1.54) is 6.07 Å². The Morgan fingerprint density at radius 2 is 2.27 bits per heavy atom. The lowest BCUT2D eigenvalue weighted by molar-refractivity contribution is 0.117. The van der Waals surface area contributed by atoms with Gasteiger partial charge >= 0.3 is 0 Å². The molecule has 0 fully saturated rings. The van der Waals surface area contributed by atoms with Crippen LogP contribution in [0.15, 0.2) is 18.2 Å². The summed E-state index contributed by atoms with van der Waals surface area (Å²) in [4.78, 5) is 4.85. The molecule has 0 aliphatic rings. The fraction of sp³-hybridized carbons (Fsp3) is 0.333. The second-order valence-corrected chi connectivity index (χ2v) is 3.08. The molecule has 0 saturated carbocycles. The average Bonchev–Trinajstić information content (AvgIpc) is 2.22. The summed E-state index contributed by atoms with van der Waals surface area (Å²) in [6.07, 6.45) is 0.591. The molecule has 1 unspecified atom stereocenters. The molecule has 0 aromatic heterocycles. The van der Waals surface area contributed by atoms with Gasteiger partial charge < -0.3 is 14.9 Å². The lowest BCUT2D eigenvalue weighted by atomic mass is 10.3. The Hall–Kier alpha value is -1.03. The van der Waals surface area contributed by atoms with Crippen LogP contribution in [0.4, 0.5) is 5.69 Å². The Bertz CT molecular complexity index is 308. The highest BCUT2D eigenvalue weighted by atomic mass is 31.0. The van der Waals surface area contributed by atoms with E-state index in [1.54, 1.807) is 12.1 Å². The summed E-state index contributed by atoms with van der Waals surface area (Å²) in [5, 5.41) is 18.0. The lowest BCUT2D eigenvalue weighted by Gasteiger charge is -2.08. The largest absolute Gasteiger partial charge is 0.580 e. The van der Waals surface area contributed by atoms with Gasteiger partial charge in [-0.2, -0.15) is 0 Å². The number of ether oxygens (including phenoxy) is 1. The number of nitrogens with one attached hydrogen (secondary N) is 1. The van der Waals surface area contributed by atoms with Gasteiger partial charge in [0.1, 0.15) is 11.4 Å². The molecular formula is C9H15NO4P+. The molecule has 0 radical (unpaired) electrons. The highest BCUT2D eigenvalue weighted by Crippen LogP contribution is 2.28. The number of aromatic hydroxyl groups is 2. The highest BCUT2D eigenvalue weighted by Gasteiger charge is 2.05. The van der Waals surface area contributed by atoms with Crippen molar-refractivity contribution in [3.63, 3.8) is 0 Å². The van der Waals surface area contributed by atoms with Gasteiger partial charge in [0.2, 0.25) is 0 Å². The van der Waals surface area contributed by atoms with Crippen LogP contribution in [0.1, 0.15) is 0 Å². The standard InChI is InChI=1S/C9H14NO4P/c11-3-4-14-10-8-2-1-7(13-6-15)5-9(8)12/h1-2,5,10-12H,3-4,6,15H2/p+1. The van der Waals surface area contributed by atoms with E-state index in [0.29, 0.717) is 17.8 Å². The Kier molecular flexibility index (Phi) is 5.18. The van der Waals surface area contributed by atoms with E-state index < -0.39 is 0 Å². The van der Waals surface area contributed by atoms with Gasteiger partial charge in [0.05, 0.1) is 19.3 Å². The minimum atomic E-state index is -0.0752. The third kappa shape index (κ3) is 3.91. The number of hydrogen-bond acceptors (Lipinski definition) is 4. The maximum atomic E-state index is 9.55. The fourth-order valence-electron chi connectivity index (χ4n) is 0.985. The predicted octanol–water partition coefficient (Wildman–Crippen LogP) is 0.802. The van der Waals surface area contributed by atoms with E-state index >= 15 is 0 Å². The number of aliphatic hydroxyl groups excluding tert-OH is 1. The monoisotopic (exact) mass is 232 g/mol. The molecule has 1 aromatic rings. The van der Waals surface area contributed by atoms with Crippen molar-refractivity contribution in [1.82, 2.24) is 0 Å². The summed E-state index contributed by atoms with van der Waals surface area (Å²) in [5.74, 6) is 0.767. The number of rotatable bonds is 6. The minimum absolute atomic E-state index is 0.0626. The van der Waals surface area contributed by atoms with E-state index in [4.69, 9.17) is 9.94 Å². The Morgan fingerprint density at radius 1 is 1.47 bits per heavy atom. The number of aliphatic hydroxyl groups is 2. The maximum Gasteiger partial charge on any atom is 0.258 e. The number of phenolic OH excluding ortho intramolecular Hbond substituents is 1. The zero-order chi connectivity index (χ0) is 11.1. The maximum absolute atomic E-state index is 9.55. The van der Waals surface area contributed by atoms with Crippen LogP contribution in [0.3, 0.4) is 0 Å². The topological polar surface area (TPSA) is 74.5 Å². The molecule has 84 valence electrons. The number of phenols is 1. The van der Waals surface area contributed by atoms with Crippen molar-refractivity contribution < 1.29 is 19.8 Å². The van der Waals surface area contributed by atoms with Crippen LogP contribution in [0, 0.1) is 0 Å². The van der Waals surface area contributed by atoms with E-state index in [-0.39, 0.29) is 19.0 Å². The van der Waals surface area contributed by atoms with Crippen molar-refractivity contribution in [3.05, 3.63) is 18.2 Å². The van der Waals surface area contributed by atoms with Gasteiger partial charge in [-0.25, -0.2) is 0 Å². The summed E-state index contributed by atoms with van der Waals surface area (Å²) in [7, 11) is 2.48. The molecule has 0 aliphatic heterocycles. The molecule has 0 heterocycles. The number of benzene rings is 1. The van der Waals surface area contributed by atoms with Crippen LogP contribution in [-0.4, -0.2) is 34.5 Å². The summed E-state index contributed by atoms with van der Waals surface area (Å²) in [6, 6.07) is 4.95. The van der Waals surface area contributed by atoms with E-state index in [0.717, 1.165) is 0 Å². The molecule has 5 nitrogen and oxygen atoms in total. The van der Waals surface area contributed by atoms with Gasteiger partial charge in [-0.15, -0.1) is 0 Å². The Morgan fingerprint density at radius 3 is 2.87 bits per heavy atom. The van der Waals surface area contributed by atoms with E-state index in [1.807, 2.05) is 0 Å². The van der Waals surface area contributed by atoms with Crippen LogP contribution in [-0.2, 0) is 4.84 Å². The SMILES string of the molecule is OCCONc1ccc([OH+]CP)cc1O. The van der Waals surface area contributed by atoms with E-state index in [9.17, 15) is 5.11 Å². The first-order valence-electron chi connectivity index (χ1n) is 4.47. The van der Waals surface area contributed by atoms with Crippen LogP contribution in [0.2, 0.25) is 0 Å². The molecule has 0 spiro atoms. The van der Waals surface area contributed by atoms with Crippen LogP contribution >= 0.6 is 9.24 Å². The van der Waals surface area contributed by atoms with Crippen LogP contribution in [0.5, 0.6) is 11.5 Å². The van der Waals surface area contributed by atoms with E-state index in [2.05, 4.69) is 19.5 Å². The molecule has 1 atom stereocenters. The molecule has 1 rings (SSSR count). The molecular weight excluding hydrogens is 217 g/mol. The van der Waals surface area contributed by atoms with Crippen molar-refractivity contribution in [2.45, 2.75) is 0 Å². The summed E-state index contributed by atoms with van der Waals surface area (Å²) in [6.45, 7) is 0.0887. The first-order valence-corrected chi connectivity index (χ1v) is 5.29. The van der Waals surface area contributed by atoms with Crippen molar-refractivity contribution in [2.24, 2.45) is 0 Å². The molecule has 1 aromatic carbocycles. The number of anilines is 1. The van der Waals surface area contributed by atoms with Gasteiger partial charge in [0, 0.05) is 6.07 Å². The smallest absolute Gasteiger partial charge is 0.258 e. The van der Waals surface area contributed by atoms with Gasteiger partial charge in [0.15, 0.2) is 6.35 Å². The molecule has 4 N–H and O–H groups in total. The first kappa shape index (κ1) is 12.0. The van der Waals surface area contributed by atoms with Crippen molar-refractivity contribution >= 4 is 14.9 Å². The van der Waals surface area contributed by atoms with Gasteiger partial charge in [-0.3, -0.25) is 10.3 Å².